The zero-order chi connectivity index (χ0) is 32.3. The fourth-order valence-corrected chi connectivity index (χ4v) is 8.10. The third kappa shape index (κ3) is 6.15. The first kappa shape index (κ1) is 31.7. The van der Waals surface area contributed by atoms with E-state index in [1.807, 2.05) is 26.0 Å². The Labute approximate surface area is 262 Å². The molecule has 240 valence electrons. The van der Waals surface area contributed by atoms with Crippen LogP contribution in [0.2, 0.25) is 0 Å². The number of thiophene rings is 1. The van der Waals surface area contributed by atoms with Crippen LogP contribution in [0.25, 0.3) is 10.1 Å². The van der Waals surface area contributed by atoms with Crippen LogP contribution in [0.1, 0.15) is 66.8 Å². The SMILES string of the molecule is CC(C)(CNC(=O)[C@@H]1CC[C@@H]2C[C@@H]3C[C@@H]3C[C@H](NC(=O)c3cc4cc(C(F)(F)P(=O)(O)O)ccc4s3)C(=O)N21)c1cccnc1. The molecule has 1 saturated carbocycles. The molecule has 3 fully saturated rings. The van der Waals surface area contributed by atoms with Gasteiger partial charge in [-0.15, -0.1) is 11.3 Å². The summed E-state index contributed by atoms with van der Waals surface area (Å²) in [6.07, 6.45) is 6.94. The topological polar surface area (TPSA) is 149 Å². The number of amides is 3. The quantitative estimate of drug-likeness (QED) is 0.260. The number of carbonyl (C=O) groups is 3. The minimum atomic E-state index is -5.75. The third-order valence-corrected chi connectivity index (χ3v) is 11.6. The number of nitrogens with one attached hydrogen (secondary N) is 2. The average Bonchev–Trinajstić information content (AvgIpc) is 3.36. The summed E-state index contributed by atoms with van der Waals surface area (Å²) in [5.74, 6) is -0.351. The van der Waals surface area contributed by atoms with Gasteiger partial charge in [0.25, 0.3) is 5.91 Å². The van der Waals surface area contributed by atoms with E-state index in [9.17, 15) is 27.7 Å². The lowest BCUT2D eigenvalue weighted by atomic mass is 9.85. The average molecular weight is 661 g/mol. The van der Waals surface area contributed by atoms with Gasteiger partial charge in [0.2, 0.25) is 11.8 Å². The van der Waals surface area contributed by atoms with Crippen LogP contribution >= 0.6 is 18.9 Å². The van der Waals surface area contributed by atoms with Gasteiger partial charge < -0.3 is 25.3 Å². The highest BCUT2D eigenvalue weighted by molar-refractivity contribution is 7.52. The molecule has 3 aliphatic rings. The monoisotopic (exact) mass is 660 g/mol. The third-order valence-electron chi connectivity index (χ3n) is 9.45. The first-order chi connectivity index (χ1) is 21.2. The molecule has 10 nitrogen and oxygen atoms in total. The Morgan fingerprint density at radius 2 is 1.84 bits per heavy atom. The molecule has 0 spiro atoms. The van der Waals surface area contributed by atoms with Crippen molar-refractivity contribution in [3.63, 3.8) is 0 Å². The Kier molecular flexibility index (Phi) is 8.12. The van der Waals surface area contributed by atoms with Crippen molar-refractivity contribution in [3.05, 3.63) is 64.8 Å². The molecule has 3 amide bonds. The van der Waals surface area contributed by atoms with Gasteiger partial charge in [0.15, 0.2) is 0 Å². The summed E-state index contributed by atoms with van der Waals surface area (Å²) in [6.45, 7) is 4.39. The van der Waals surface area contributed by atoms with Crippen LogP contribution in [-0.2, 0) is 25.2 Å². The molecule has 0 bridgehead atoms. The van der Waals surface area contributed by atoms with Gasteiger partial charge in [0.05, 0.1) is 4.88 Å². The molecule has 14 heteroatoms. The Balaban J connectivity index is 1.18. The highest BCUT2D eigenvalue weighted by atomic mass is 32.1. The Hall–Kier alpha value is -3.25. The molecule has 4 heterocycles. The van der Waals surface area contributed by atoms with Crippen molar-refractivity contribution in [1.29, 1.82) is 0 Å². The highest BCUT2D eigenvalue weighted by Crippen LogP contribution is 2.59. The molecule has 2 aliphatic heterocycles. The first-order valence-corrected chi connectivity index (χ1v) is 17.4. The van der Waals surface area contributed by atoms with E-state index < -0.39 is 36.8 Å². The van der Waals surface area contributed by atoms with Crippen molar-refractivity contribution in [3.8, 4) is 0 Å². The lowest BCUT2D eigenvalue weighted by Gasteiger charge is -2.35. The maximum Gasteiger partial charge on any atom is 0.399 e. The summed E-state index contributed by atoms with van der Waals surface area (Å²) in [5.41, 5.74) is -4.62. The molecule has 1 aliphatic carbocycles. The number of alkyl halides is 2. The molecular weight excluding hydrogens is 625 g/mol. The number of nitrogens with zero attached hydrogens (tertiary/aromatic N) is 2. The molecule has 6 rings (SSSR count). The van der Waals surface area contributed by atoms with Crippen molar-refractivity contribution in [2.45, 2.75) is 75.2 Å². The number of hydrogen-bond donors (Lipinski definition) is 4. The first-order valence-electron chi connectivity index (χ1n) is 14.9. The van der Waals surface area contributed by atoms with E-state index in [4.69, 9.17) is 9.79 Å². The minimum Gasteiger partial charge on any atom is -0.353 e. The van der Waals surface area contributed by atoms with E-state index in [2.05, 4.69) is 15.6 Å². The Bertz CT molecular complexity index is 1700. The molecule has 45 heavy (non-hydrogen) atoms. The molecule has 2 aromatic heterocycles. The summed E-state index contributed by atoms with van der Waals surface area (Å²) in [5, 5.41) is 6.13. The number of fused-ring (bicyclic) bond motifs is 3. The van der Waals surface area contributed by atoms with Crippen molar-refractivity contribution >= 4 is 46.7 Å². The highest BCUT2D eigenvalue weighted by Gasteiger charge is 2.52. The van der Waals surface area contributed by atoms with E-state index in [0.29, 0.717) is 42.3 Å². The minimum absolute atomic E-state index is 0.0901. The van der Waals surface area contributed by atoms with Crippen LogP contribution in [0.3, 0.4) is 0 Å². The maximum atomic E-state index is 14.3. The van der Waals surface area contributed by atoms with E-state index in [0.717, 1.165) is 41.9 Å². The van der Waals surface area contributed by atoms with Crippen molar-refractivity contribution in [2.75, 3.05) is 6.54 Å². The summed E-state index contributed by atoms with van der Waals surface area (Å²) in [4.78, 5) is 65.2. The second kappa shape index (κ2) is 11.5. The number of pyridine rings is 1. The van der Waals surface area contributed by atoms with E-state index in [1.165, 1.54) is 12.1 Å². The number of carbonyl (C=O) groups excluding carboxylic acids is 3. The normalized spacial score (nSPS) is 25.2. The van der Waals surface area contributed by atoms with Gasteiger partial charge in [-0.3, -0.25) is 23.9 Å². The van der Waals surface area contributed by atoms with Crippen LogP contribution in [-0.4, -0.2) is 62.1 Å². The molecule has 0 unspecified atom stereocenters. The zero-order valence-corrected chi connectivity index (χ0v) is 26.5. The van der Waals surface area contributed by atoms with Gasteiger partial charge in [-0.25, -0.2) is 0 Å². The molecule has 1 aromatic carbocycles. The van der Waals surface area contributed by atoms with Crippen molar-refractivity contribution < 1.29 is 37.5 Å². The van der Waals surface area contributed by atoms with Gasteiger partial charge in [-0.05, 0) is 79.2 Å². The second-order valence-electron chi connectivity index (χ2n) is 13.0. The smallest absolute Gasteiger partial charge is 0.353 e. The predicted octanol–water partition coefficient (Wildman–Crippen LogP) is 4.51. The van der Waals surface area contributed by atoms with Gasteiger partial charge in [-0.1, -0.05) is 26.0 Å². The molecular formula is C31H35F2N4O6PS. The summed E-state index contributed by atoms with van der Waals surface area (Å²) in [7, 11) is -5.75. The molecule has 5 atom stereocenters. The van der Waals surface area contributed by atoms with Crippen LogP contribution < -0.4 is 10.6 Å². The maximum absolute atomic E-state index is 14.3. The van der Waals surface area contributed by atoms with Gasteiger partial charge in [0.1, 0.15) is 12.1 Å². The summed E-state index contributed by atoms with van der Waals surface area (Å²) >= 11 is 1.03. The summed E-state index contributed by atoms with van der Waals surface area (Å²) in [6, 6.07) is 6.77. The van der Waals surface area contributed by atoms with Crippen LogP contribution in [0.15, 0.2) is 48.8 Å². The molecule has 3 aromatic rings. The number of rotatable bonds is 8. The molecule has 0 radical (unpaired) electrons. The number of benzene rings is 1. The van der Waals surface area contributed by atoms with Gasteiger partial charge in [-0.2, -0.15) is 8.78 Å². The molecule has 4 N–H and O–H groups in total. The number of aromatic nitrogens is 1. The van der Waals surface area contributed by atoms with Gasteiger partial charge in [0, 0.05) is 40.7 Å². The number of hydrogen-bond acceptors (Lipinski definition) is 6. The predicted molar refractivity (Wildman–Crippen MR) is 164 cm³/mol. The van der Waals surface area contributed by atoms with Crippen LogP contribution in [0, 0.1) is 11.8 Å². The number of halogens is 2. The lowest BCUT2D eigenvalue weighted by Crippen LogP contribution is -2.57. The van der Waals surface area contributed by atoms with E-state index >= 15 is 0 Å². The lowest BCUT2D eigenvalue weighted by molar-refractivity contribution is -0.142. The fourth-order valence-electron chi connectivity index (χ4n) is 6.68. The second-order valence-corrected chi connectivity index (χ2v) is 15.8. The summed E-state index contributed by atoms with van der Waals surface area (Å²) < 4.78 is 40.4. The Morgan fingerprint density at radius 1 is 1.09 bits per heavy atom. The Morgan fingerprint density at radius 3 is 2.56 bits per heavy atom. The fraction of sp³-hybridized carbons (Fsp3) is 0.484. The zero-order valence-electron chi connectivity index (χ0n) is 24.8. The van der Waals surface area contributed by atoms with Crippen LogP contribution in [0.4, 0.5) is 8.78 Å². The molecule has 2 saturated heterocycles. The van der Waals surface area contributed by atoms with Crippen molar-refractivity contribution in [1.82, 2.24) is 20.5 Å². The largest absolute Gasteiger partial charge is 0.399 e. The van der Waals surface area contributed by atoms with Gasteiger partial charge >= 0.3 is 13.3 Å². The van der Waals surface area contributed by atoms with E-state index in [1.54, 1.807) is 17.3 Å². The van der Waals surface area contributed by atoms with Crippen LogP contribution in [0.5, 0.6) is 0 Å². The standard InChI is InChI=1S/C31H35F2N4O6PS/c1-30(2,21-4-3-9-34-15-21)16-35-27(38)24-7-6-22-12-17-10-18(17)13-23(29(40)37(22)24)36-28(39)26-14-19-11-20(5-8-25(19)45-26)31(32,33)44(41,42)43/h3-5,8-9,11,14-15,17-18,22-24H,6-7,10,12-13,16H2,1-2H3,(H,35,38)(H,36,39)(H2,41,42,43)/t17-,18+,22+,23-,24-/m0/s1. The van der Waals surface area contributed by atoms with Crippen molar-refractivity contribution in [2.24, 2.45) is 11.8 Å². The van der Waals surface area contributed by atoms with E-state index in [-0.39, 0.29) is 33.5 Å².